The Kier molecular flexibility index (Phi) is 7.20. The zero-order valence-corrected chi connectivity index (χ0v) is 16.2. The molecule has 0 radical (unpaired) electrons. The molecule has 2 saturated carbocycles. The summed E-state index contributed by atoms with van der Waals surface area (Å²) in [5.74, 6) is -0.368. The van der Waals surface area contributed by atoms with Crippen molar-refractivity contribution < 1.29 is 19.5 Å². The summed E-state index contributed by atoms with van der Waals surface area (Å²) in [6.45, 7) is 0. The first-order valence-electron chi connectivity index (χ1n) is 10.4. The zero-order valence-electron chi connectivity index (χ0n) is 16.2. The number of carbonyl (C=O) groups excluding carboxylic acids is 3. The first-order valence-corrected chi connectivity index (χ1v) is 10.4. The number of benzene rings is 1. The van der Waals surface area contributed by atoms with Crippen LogP contribution in [-0.2, 0) is 14.4 Å². The summed E-state index contributed by atoms with van der Waals surface area (Å²) in [6.07, 6.45) is 7.20. The van der Waals surface area contributed by atoms with Gasteiger partial charge in [-0.25, -0.2) is 0 Å². The van der Waals surface area contributed by atoms with Crippen LogP contribution in [0.4, 0.5) is 0 Å². The lowest BCUT2D eigenvalue weighted by molar-refractivity contribution is -0.136. The highest BCUT2D eigenvalue weighted by Crippen LogP contribution is 2.33. The van der Waals surface area contributed by atoms with E-state index in [9.17, 15) is 19.5 Å². The lowest BCUT2D eigenvalue weighted by Gasteiger charge is -2.31. The molecule has 0 aromatic heterocycles. The molecule has 3 N–H and O–H groups in total. The van der Waals surface area contributed by atoms with E-state index in [-0.39, 0.29) is 11.8 Å². The highest BCUT2D eigenvalue weighted by molar-refractivity contribution is 5.91. The maximum Gasteiger partial charge on any atom is 0.254 e. The van der Waals surface area contributed by atoms with E-state index in [0.717, 1.165) is 51.2 Å². The largest absolute Gasteiger partial charge is 0.378 e. The lowest BCUT2D eigenvalue weighted by atomic mass is 9.83. The van der Waals surface area contributed by atoms with Gasteiger partial charge < -0.3 is 20.5 Å². The fraction of sp³-hybridized carbons (Fsp3) is 0.591. The van der Waals surface area contributed by atoms with Crippen molar-refractivity contribution in [2.75, 3.05) is 0 Å². The Morgan fingerprint density at radius 3 is 2.29 bits per heavy atom. The lowest BCUT2D eigenvalue weighted by Crippen LogP contribution is -2.54. The molecule has 2 aliphatic rings. The minimum absolute atomic E-state index is 0.0221. The Bertz CT molecular complexity index is 668. The summed E-state index contributed by atoms with van der Waals surface area (Å²) >= 11 is 0. The molecule has 2 fully saturated rings. The van der Waals surface area contributed by atoms with E-state index in [0.29, 0.717) is 17.9 Å². The summed E-state index contributed by atoms with van der Waals surface area (Å²) in [4.78, 5) is 37.0. The molecule has 6 nitrogen and oxygen atoms in total. The molecule has 6 heteroatoms. The maximum absolute atomic E-state index is 12.9. The molecule has 2 aliphatic carbocycles. The second kappa shape index (κ2) is 9.82. The second-order valence-electron chi connectivity index (χ2n) is 8.13. The third-order valence-electron chi connectivity index (χ3n) is 5.84. The number of aldehydes is 1. The van der Waals surface area contributed by atoms with E-state index >= 15 is 0 Å². The summed E-state index contributed by atoms with van der Waals surface area (Å²) in [5, 5.41) is 16.0. The van der Waals surface area contributed by atoms with Gasteiger partial charge in [-0.3, -0.25) is 9.59 Å². The van der Waals surface area contributed by atoms with Gasteiger partial charge in [0.05, 0.1) is 6.04 Å². The van der Waals surface area contributed by atoms with Crippen molar-refractivity contribution in [2.45, 2.75) is 69.6 Å². The van der Waals surface area contributed by atoms with Crippen LogP contribution < -0.4 is 10.6 Å². The molecular formula is C22H30N2O4. The highest BCUT2D eigenvalue weighted by atomic mass is 16.3. The van der Waals surface area contributed by atoms with Gasteiger partial charge in [-0.15, -0.1) is 0 Å². The number of rotatable bonds is 9. The standard InChI is InChI=1S/C22H30N2O4/c25-14-18(13-15-11-12-15)23-21(27)19(16-7-3-1-4-8-16)24-22(28)20(26)17-9-5-2-6-10-17/h2,5-6,9-10,14-16,18-20,26H,1,3-4,7-8,11-13H2,(H,23,27)(H,24,28)/t18-,19-,20-/m0/s1. The predicted octanol–water partition coefficient (Wildman–Crippen LogP) is 2.27. The van der Waals surface area contributed by atoms with Crippen LogP contribution in [0.3, 0.4) is 0 Å². The minimum Gasteiger partial charge on any atom is -0.378 e. The smallest absolute Gasteiger partial charge is 0.254 e. The van der Waals surface area contributed by atoms with Crippen LogP contribution >= 0.6 is 0 Å². The van der Waals surface area contributed by atoms with Crippen molar-refractivity contribution in [2.24, 2.45) is 11.8 Å². The van der Waals surface area contributed by atoms with E-state index in [1.54, 1.807) is 24.3 Å². The number of hydrogen-bond donors (Lipinski definition) is 3. The molecule has 1 aromatic rings. The topological polar surface area (TPSA) is 95.5 Å². The average Bonchev–Trinajstić information content (AvgIpc) is 3.56. The Morgan fingerprint density at radius 1 is 1.00 bits per heavy atom. The first-order chi connectivity index (χ1) is 13.6. The quantitative estimate of drug-likeness (QED) is 0.567. The molecule has 0 saturated heterocycles. The summed E-state index contributed by atoms with van der Waals surface area (Å²) < 4.78 is 0. The number of hydrogen-bond acceptors (Lipinski definition) is 4. The Morgan fingerprint density at radius 2 is 1.68 bits per heavy atom. The van der Waals surface area contributed by atoms with Gasteiger partial charge in [0.15, 0.2) is 6.10 Å². The van der Waals surface area contributed by atoms with E-state index < -0.39 is 24.1 Å². The normalized spacial score (nSPS) is 20.6. The molecule has 0 heterocycles. The number of nitrogens with one attached hydrogen (secondary N) is 2. The van der Waals surface area contributed by atoms with E-state index in [4.69, 9.17) is 0 Å². The zero-order chi connectivity index (χ0) is 19.9. The summed E-state index contributed by atoms with van der Waals surface area (Å²) in [6, 6.07) is 7.43. The molecule has 152 valence electrons. The Hall–Kier alpha value is -2.21. The van der Waals surface area contributed by atoms with Crippen molar-refractivity contribution in [3.8, 4) is 0 Å². The molecule has 0 bridgehead atoms. The molecule has 28 heavy (non-hydrogen) atoms. The molecule has 0 spiro atoms. The van der Waals surface area contributed by atoms with Gasteiger partial charge in [0, 0.05) is 0 Å². The predicted molar refractivity (Wildman–Crippen MR) is 105 cm³/mol. The molecule has 3 rings (SSSR count). The van der Waals surface area contributed by atoms with Crippen molar-refractivity contribution >= 4 is 18.1 Å². The van der Waals surface area contributed by atoms with Gasteiger partial charge in [-0.05, 0) is 36.7 Å². The van der Waals surface area contributed by atoms with Gasteiger partial charge in [-0.2, -0.15) is 0 Å². The highest BCUT2D eigenvalue weighted by Gasteiger charge is 2.34. The molecular weight excluding hydrogens is 356 g/mol. The van der Waals surface area contributed by atoms with Crippen LogP contribution in [0.15, 0.2) is 30.3 Å². The third kappa shape index (κ3) is 5.64. The maximum atomic E-state index is 12.9. The summed E-state index contributed by atoms with van der Waals surface area (Å²) in [7, 11) is 0. The van der Waals surface area contributed by atoms with Crippen molar-refractivity contribution in [3.63, 3.8) is 0 Å². The van der Waals surface area contributed by atoms with Gasteiger partial charge >= 0.3 is 0 Å². The molecule has 1 aromatic carbocycles. The monoisotopic (exact) mass is 386 g/mol. The average molecular weight is 386 g/mol. The molecule has 3 atom stereocenters. The van der Waals surface area contributed by atoms with Gasteiger partial charge in [0.2, 0.25) is 5.91 Å². The van der Waals surface area contributed by atoms with Gasteiger partial charge in [0.25, 0.3) is 5.91 Å². The minimum atomic E-state index is -1.33. The first kappa shape index (κ1) is 20.5. The van der Waals surface area contributed by atoms with Crippen molar-refractivity contribution in [3.05, 3.63) is 35.9 Å². The van der Waals surface area contributed by atoms with E-state index in [2.05, 4.69) is 10.6 Å². The third-order valence-corrected chi connectivity index (χ3v) is 5.84. The molecule has 0 unspecified atom stereocenters. The fourth-order valence-electron chi connectivity index (χ4n) is 4.02. The SMILES string of the molecule is O=C[C@H](CC1CC1)NC(=O)[C@@H](NC(=O)[C@@H](O)c1ccccc1)C1CCCCC1. The number of carbonyl (C=O) groups is 3. The van der Waals surface area contributed by atoms with E-state index in [1.807, 2.05) is 6.07 Å². The second-order valence-corrected chi connectivity index (χ2v) is 8.13. The number of aliphatic hydroxyl groups excluding tert-OH is 1. The van der Waals surface area contributed by atoms with Crippen molar-refractivity contribution in [1.29, 1.82) is 0 Å². The fourth-order valence-corrected chi connectivity index (χ4v) is 4.02. The number of amides is 2. The van der Waals surface area contributed by atoms with E-state index in [1.165, 1.54) is 0 Å². The van der Waals surface area contributed by atoms with Gasteiger partial charge in [-0.1, -0.05) is 62.4 Å². The number of aliphatic hydroxyl groups is 1. The van der Waals surface area contributed by atoms with Crippen LogP contribution in [0.1, 0.15) is 63.0 Å². The van der Waals surface area contributed by atoms with Crippen LogP contribution in [0.5, 0.6) is 0 Å². The van der Waals surface area contributed by atoms with Crippen LogP contribution in [0.2, 0.25) is 0 Å². The molecule has 2 amide bonds. The summed E-state index contributed by atoms with van der Waals surface area (Å²) in [5.41, 5.74) is 0.488. The Labute approximate surface area is 166 Å². The van der Waals surface area contributed by atoms with Crippen LogP contribution in [0.25, 0.3) is 0 Å². The van der Waals surface area contributed by atoms with Crippen LogP contribution in [-0.4, -0.2) is 35.3 Å². The molecule has 0 aliphatic heterocycles. The Balaban J connectivity index is 1.67. The van der Waals surface area contributed by atoms with Crippen molar-refractivity contribution in [1.82, 2.24) is 10.6 Å². The van der Waals surface area contributed by atoms with Gasteiger partial charge in [0.1, 0.15) is 12.3 Å². The van der Waals surface area contributed by atoms with Crippen LogP contribution in [0, 0.1) is 11.8 Å².